The van der Waals surface area contributed by atoms with Crippen LogP contribution in [0.1, 0.15) is 34.6 Å². The first-order valence-corrected chi connectivity index (χ1v) is 13.2. The lowest BCUT2D eigenvalue weighted by molar-refractivity contribution is -0.130. The fourth-order valence-electron chi connectivity index (χ4n) is 4.92. The van der Waals surface area contributed by atoms with Gasteiger partial charge in [-0.05, 0) is 42.7 Å². The van der Waals surface area contributed by atoms with Crippen LogP contribution in [0.4, 0.5) is 5.69 Å². The van der Waals surface area contributed by atoms with Crippen molar-refractivity contribution in [2.75, 3.05) is 50.1 Å². The Morgan fingerprint density at radius 3 is 2.57 bits per heavy atom. The van der Waals surface area contributed by atoms with Crippen LogP contribution in [-0.2, 0) is 21.4 Å². The molecule has 0 spiro atoms. The van der Waals surface area contributed by atoms with E-state index in [4.69, 9.17) is 10.5 Å². The number of nitrogens with one attached hydrogen (secondary N) is 1. The van der Waals surface area contributed by atoms with E-state index >= 15 is 0 Å². The number of rotatable bonds is 6. The number of carbonyl (C=O) groups excluding carboxylic acids is 2. The highest BCUT2D eigenvalue weighted by atomic mass is 32.2. The topological polar surface area (TPSA) is 102 Å². The molecule has 2 aliphatic heterocycles. The minimum absolute atomic E-state index is 0.0877. The molecule has 9 heteroatoms. The van der Waals surface area contributed by atoms with Gasteiger partial charge in [-0.15, -0.1) is 0 Å². The van der Waals surface area contributed by atoms with Crippen LogP contribution in [0.5, 0.6) is 0 Å². The van der Waals surface area contributed by atoms with E-state index in [-0.39, 0.29) is 23.7 Å². The molecule has 1 aromatic carbocycles. The molecule has 184 valence electrons. The molecular formula is C26H31N5O3S. The van der Waals surface area contributed by atoms with Crippen molar-refractivity contribution in [3.63, 3.8) is 0 Å². The Morgan fingerprint density at radius 1 is 1.09 bits per heavy atom. The average Bonchev–Trinajstić information content (AvgIpc) is 3.31. The first-order valence-electron chi connectivity index (χ1n) is 12.1. The van der Waals surface area contributed by atoms with Gasteiger partial charge in [0.1, 0.15) is 11.3 Å². The minimum atomic E-state index is -0.200. The maximum absolute atomic E-state index is 13.3. The van der Waals surface area contributed by atoms with Gasteiger partial charge in [0.05, 0.1) is 12.1 Å². The zero-order valence-corrected chi connectivity index (χ0v) is 20.6. The van der Waals surface area contributed by atoms with E-state index < -0.39 is 0 Å². The predicted octanol–water partition coefficient (Wildman–Crippen LogP) is 2.51. The number of anilines is 1. The summed E-state index contributed by atoms with van der Waals surface area (Å²) >= 11 is 1.87. The number of nitrogen functional groups attached to an aromatic ring is 1. The van der Waals surface area contributed by atoms with Crippen molar-refractivity contribution in [2.24, 2.45) is 0 Å². The lowest BCUT2D eigenvalue weighted by Gasteiger charge is -2.38. The molecule has 0 atom stereocenters. The van der Waals surface area contributed by atoms with Gasteiger partial charge in [-0.2, -0.15) is 11.8 Å². The lowest BCUT2D eigenvalue weighted by Crippen LogP contribution is -2.44. The van der Waals surface area contributed by atoms with Gasteiger partial charge in [-0.3, -0.25) is 14.0 Å². The lowest BCUT2D eigenvalue weighted by atomic mass is 9.74. The molecule has 0 radical (unpaired) electrons. The number of aromatic nitrogens is 2. The van der Waals surface area contributed by atoms with E-state index in [1.54, 1.807) is 10.5 Å². The second-order valence-electron chi connectivity index (χ2n) is 9.24. The summed E-state index contributed by atoms with van der Waals surface area (Å²) in [4.78, 5) is 32.5. The van der Waals surface area contributed by atoms with Gasteiger partial charge in [-0.25, -0.2) is 4.98 Å². The predicted molar refractivity (Wildman–Crippen MR) is 138 cm³/mol. The molecule has 3 aromatic rings. The summed E-state index contributed by atoms with van der Waals surface area (Å²) in [6.45, 7) is 3.38. The maximum atomic E-state index is 13.3. The Bertz CT molecular complexity index is 1200. The van der Waals surface area contributed by atoms with E-state index in [0.29, 0.717) is 36.8 Å². The quantitative estimate of drug-likeness (QED) is 0.512. The van der Waals surface area contributed by atoms with Crippen molar-refractivity contribution in [1.82, 2.24) is 19.6 Å². The van der Waals surface area contributed by atoms with Gasteiger partial charge in [0.25, 0.3) is 5.91 Å². The van der Waals surface area contributed by atoms with Gasteiger partial charge in [0.2, 0.25) is 5.91 Å². The van der Waals surface area contributed by atoms with Crippen LogP contribution >= 0.6 is 11.8 Å². The summed E-state index contributed by atoms with van der Waals surface area (Å²) in [5.74, 6) is 1.88. The van der Waals surface area contributed by atoms with Crippen LogP contribution in [0.3, 0.4) is 0 Å². The Hall–Kier alpha value is -3.04. The fourth-order valence-corrected chi connectivity index (χ4v) is 5.82. The van der Waals surface area contributed by atoms with Crippen LogP contribution < -0.4 is 11.1 Å². The second-order valence-corrected chi connectivity index (χ2v) is 10.5. The smallest absolute Gasteiger partial charge is 0.268 e. The Kier molecular flexibility index (Phi) is 6.97. The number of benzene rings is 1. The summed E-state index contributed by atoms with van der Waals surface area (Å²) in [6.07, 6.45) is 3.71. The number of nitrogens with zero attached hydrogens (tertiary/aromatic N) is 3. The van der Waals surface area contributed by atoms with E-state index in [1.165, 1.54) is 0 Å². The molecule has 0 aliphatic carbocycles. The standard InChI is InChI=1S/C26H31N5O3S/c27-20-6-4-19(5-7-20)26(8-12-34-13-9-26)18-28-25(33)22-2-1-3-23-29-21(17-31(22)23)16-24(32)30-10-14-35-15-11-30/h1-7,17H,8-16,18,27H2,(H,28,33). The summed E-state index contributed by atoms with van der Waals surface area (Å²) in [6, 6.07) is 13.4. The number of imidazole rings is 1. The van der Waals surface area contributed by atoms with Gasteiger partial charge in [0.15, 0.2) is 0 Å². The maximum Gasteiger partial charge on any atom is 0.268 e. The van der Waals surface area contributed by atoms with Crippen LogP contribution in [0.15, 0.2) is 48.7 Å². The van der Waals surface area contributed by atoms with Crippen molar-refractivity contribution in [1.29, 1.82) is 0 Å². The molecule has 2 aliphatic rings. The monoisotopic (exact) mass is 493 g/mol. The molecule has 0 saturated carbocycles. The van der Waals surface area contributed by atoms with E-state index in [0.717, 1.165) is 48.7 Å². The molecule has 2 amide bonds. The summed E-state index contributed by atoms with van der Waals surface area (Å²) in [7, 11) is 0. The van der Waals surface area contributed by atoms with Crippen molar-refractivity contribution in [2.45, 2.75) is 24.7 Å². The van der Waals surface area contributed by atoms with Crippen molar-refractivity contribution < 1.29 is 14.3 Å². The summed E-state index contributed by atoms with van der Waals surface area (Å²) < 4.78 is 7.40. The van der Waals surface area contributed by atoms with Crippen LogP contribution in [-0.4, -0.2) is 70.5 Å². The third-order valence-corrected chi connectivity index (χ3v) is 7.97. The summed E-state index contributed by atoms with van der Waals surface area (Å²) in [5, 5.41) is 3.16. The van der Waals surface area contributed by atoms with E-state index in [2.05, 4.69) is 10.3 Å². The molecule has 4 heterocycles. The largest absolute Gasteiger partial charge is 0.399 e. The van der Waals surface area contributed by atoms with Gasteiger partial charge in [0, 0.05) is 61.7 Å². The van der Waals surface area contributed by atoms with E-state index in [9.17, 15) is 9.59 Å². The minimum Gasteiger partial charge on any atom is -0.399 e. The molecule has 5 rings (SSSR count). The summed E-state index contributed by atoms with van der Waals surface area (Å²) in [5.41, 5.74) is 9.42. The highest BCUT2D eigenvalue weighted by molar-refractivity contribution is 7.99. The number of thioether (sulfide) groups is 1. The molecular weight excluding hydrogens is 462 g/mol. The first-order chi connectivity index (χ1) is 17.0. The third-order valence-electron chi connectivity index (χ3n) is 7.03. The highest BCUT2D eigenvalue weighted by Crippen LogP contribution is 2.34. The number of fused-ring (bicyclic) bond motifs is 1. The number of amides is 2. The van der Waals surface area contributed by atoms with Crippen molar-refractivity contribution in [3.8, 4) is 0 Å². The van der Waals surface area contributed by atoms with E-state index in [1.807, 2.05) is 59.3 Å². The molecule has 2 saturated heterocycles. The Morgan fingerprint density at radius 2 is 1.83 bits per heavy atom. The third kappa shape index (κ3) is 5.16. The number of hydrogen-bond donors (Lipinski definition) is 2. The van der Waals surface area contributed by atoms with Crippen LogP contribution in [0.2, 0.25) is 0 Å². The molecule has 0 unspecified atom stereocenters. The van der Waals surface area contributed by atoms with Gasteiger partial charge in [-0.1, -0.05) is 18.2 Å². The van der Waals surface area contributed by atoms with Crippen molar-refractivity contribution >= 4 is 34.9 Å². The number of hydrogen-bond acceptors (Lipinski definition) is 6. The normalized spacial score (nSPS) is 17.9. The number of ether oxygens (including phenoxy) is 1. The molecule has 0 bridgehead atoms. The van der Waals surface area contributed by atoms with Crippen molar-refractivity contribution in [3.05, 3.63) is 65.6 Å². The molecule has 3 N–H and O–H groups in total. The zero-order valence-electron chi connectivity index (χ0n) is 19.7. The molecule has 35 heavy (non-hydrogen) atoms. The molecule has 8 nitrogen and oxygen atoms in total. The SMILES string of the molecule is Nc1ccc(C2(CNC(=O)c3cccc4nc(CC(=O)N5CCSCC5)cn34)CCOCC2)cc1. The van der Waals surface area contributed by atoms with Gasteiger partial charge < -0.3 is 20.7 Å². The number of pyridine rings is 1. The molecule has 2 aromatic heterocycles. The Balaban J connectivity index is 1.32. The molecule has 2 fully saturated rings. The van der Waals surface area contributed by atoms with Crippen LogP contribution in [0, 0.1) is 0 Å². The zero-order chi connectivity index (χ0) is 24.3. The number of carbonyl (C=O) groups is 2. The van der Waals surface area contributed by atoms with Crippen LogP contribution in [0.25, 0.3) is 5.65 Å². The Labute approximate surface area is 209 Å². The highest BCUT2D eigenvalue weighted by Gasteiger charge is 2.35. The fraction of sp³-hybridized carbons (Fsp3) is 0.423. The number of nitrogens with two attached hydrogens (primary N) is 1. The van der Waals surface area contributed by atoms with Gasteiger partial charge >= 0.3 is 0 Å². The second kappa shape index (κ2) is 10.3. The first kappa shape index (κ1) is 23.7. The average molecular weight is 494 g/mol.